The number of benzene rings is 1. The zero-order valence-electron chi connectivity index (χ0n) is 14.8. The Morgan fingerprint density at radius 3 is 3.04 bits per heavy atom. The summed E-state index contributed by atoms with van der Waals surface area (Å²) in [7, 11) is 1.89. The van der Waals surface area contributed by atoms with E-state index in [1.54, 1.807) is 6.07 Å². The molecule has 6 nitrogen and oxygen atoms in total. The van der Waals surface area contributed by atoms with Crippen LogP contribution in [0.1, 0.15) is 28.9 Å². The average molecular weight is 350 g/mol. The number of ether oxygens (including phenoxy) is 1. The van der Waals surface area contributed by atoms with Gasteiger partial charge in [-0.2, -0.15) is 5.26 Å². The molecule has 1 N–H and O–H groups in total. The molecule has 0 radical (unpaired) electrons. The highest BCUT2D eigenvalue weighted by atomic mass is 16.5. The van der Waals surface area contributed by atoms with Crippen LogP contribution in [0.3, 0.4) is 0 Å². The smallest absolute Gasteiger partial charge is 0.270 e. The van der Waals surface area contributed by atoms with E-state index in [1.807, 2.05) is 53.0 Å². The van der Waals surface area contributed by atoms with Gasteiger partial charge in [0.1, 0.15) is 5.69 Å². The monoisotopic (exact) mass is 350 g/mol. The Kier molecular flexibility index (Phi) is 4.17. The molecule has 1 spiro atoms. The summed E-state index contributed by atoms with van der Waals surface area (Å²) in [5, 5.41) is 12.5. The third kappa shape index (κ3) is 3.06. The second-order valence-electron chi connectivity index (χ2n) is 7.21. The number of nitrogens with zero attached hydrogens (tertiary/aromatic N) is 3. The van der Waals surface area contributed by atoms with Gasteiger partial charge in [0.15, 0.2) is 0 Å². The van der Waals surface area contributed by atoms with E-state index < -0.39 is 0 Å². The molecular formula is C20H22N4O2. The topological polar surface area (TPSA) is 70.3 Å². The molecule has 2 aliphatic heterocycles. The molecule has 2 fully saturated rings. The first-order chi connectivity index (χ1) is 12.6. The maximum atomic E-state index is 12.7. The molecule has 2 aliphatic rings. The number of nitriles is 1. The number of nitrogens with one attached hydrogen (secondary N) is 1. The van der Waals surface area contributed by atoms with Gasteiger partial charge in [0, 0.05) is 31.9 Å². The van der Waals surface area contributed by atoms with Crippen molar-refractivity contribution in [2.45, 2.75) is 24.5 Å². The number of carbonyl (C=O) groups is 1. The molecule has 2 aromatic rings. The van der Waals surface area contributed by atoms with Gasteiger partial charge in [-0.3, -0.25) is 4.79 Å². The van der Waals surface area contributed by atoms with Gasteiger partial charge in [0.05, 0.1) is 36.4 Å². The summed E-state index contributed by atoms with van der Waals surface area (Å²) in [6.45, 7) is 1.97. The lowest BCUT2D eigenvalue weighted by Gasteiger charge is -2.23. The summed E-state index contributed by atoms with van der Waals surface area (Å²) in [4.78, 5) is 14.6. The fourth-order valence-corrected chi connectivity index (χ4v) is 4.00. The molecule has 0 bridgehead atoms. The molecule has 0 saturated carbocycles. The molecule has 0 aliphatic carbocycles. The number of hydrogen-bond acceptors (Lipinski definition) is 4. The van der Waals surface area contributed by atoms with Gasteiger partial charge in [0.25, 0.3) is 5.91 Å². The van der Waals surface area contributed by atoms with E-state index in [9.17, 15) is 4.79 Å². The van der Waals surface area contributed by atoms with Crippen LogP contribution in [0.4, 0.5) is 5.69 Å². The Morgan fingerprint density at radius 1 is 1.38 bits per heavy atom. The second-order valence-corrected chi connectivity index (χ2v) is 7.21. The predicted octanol–water partition coefficient (Wildman–Crippen LogP) is 2.38. The molecule has 3 heterocycles. The van der Waals surface area contributed by atoms with Crippen LogP contribution >= 0.6 is 0 Å². The lowest BCUT2D eigenvalue weighted by Crippen LogP contribution is -2.36. The SMILES string of the molecule is Cn1cccc1C(=O)N1CC[C@@]2(C[C@@H](Nc3cccc(C#N)c3)CO2)C1. The lowest BCUT2D eigenvalue weighted by atomic mass is 9.97. The largest absolute Gasteiger partial charge is 0.380 e. The van der Waals surface area contributed by atoms with Gasteiger partial charge in [-0.1, -0.05) is 6.07 Å². The highest BCUT2D eigenvalue weighted by molar-refractivity contribution is 5.93. The van der Waals surface area contributed by atoms with E-state index >= 15 is 0 Å². The van der Waals surface area contributed by atoms with E-state index in [4.69, 9.17) is 10.00 Å². The Hall–Kier alpha value is -2.78. The van der Waals surface area contributed by atoms with Crippen molar-refractivity contribution in [1.82, 2.24) is 9.47 Å². The third-order valence-corrected chi connectivity index (χ3v) is 5.34. The summed E-state index contributed by atoms with van der Waals surface area (Å²) in [5.74, 6) is 0.0658. The molecule has 6 heteroatoms. The van der Waals surface area contributed by atoms with Gasteiger partial charge in [-0.05, 0) is 36.8 Å². The van der Waals surface area contributed by atoms with E-state index in [2.05, 4.69) is 11.4 Å². The molecule has 2 atom stereocenters. The zero-order valence-corrected chi connectivity index (χ0v) is 14.8. The molecular weight excluding hydrogens is 328 g/mol. The number of amides is 1. The van der Waals surface area contributed by atoms with Gasteiger partial charge in [-0.25, -0.2) is 0 Å². The molecule has 2 saturated heterocycles. The molecule has 0 unspecified atom stereocenters. The van der Waals surface area contributed by atoms with Crippen molar-refractivity contribution >= 4 is 11.6 Å². The maximum Gasteiger partial charge on any atom is 0.270 e. The number of aryl methyl sites for hydroxylation is 1. The van der Waals surface area contributed by atoms with Crippen LogP contribution in [0.5, 0.6) is 0 Å². The Labute approximate surface area is 153 Å². The molecule has 1 aromatic carbocycles. The van der Waals surface area contributed by atoms with Crippen LogP contribution in [0.15, 0.2) is 42.6 Å². The van der Waals surface area contributed by atoms with Gasteiger partial charge in [0.2, 0.25) is 0 Å². The standard InChI is InChI=1S/C20H22N4O2/c1-23-8-3-6-18(23)19(25)24-9-7-20(14-24)11-17(13-26-20)22-16-5-2-4-15(10-16)12-21/h2-6,8,10,17,22H,7,9,11,13-14H2,1H3/t17-,20-/m1/s1. The summed E-state index contributed by atoms with van der Waals surface area (Å²) < 4.78 is 8.00. The van der Waals surface area contributed by atoms with Crippen molar-refractivity contribution in [3.8, 4) is 6.07 Å². The van der Waals surface area contributed by atoms with E-state index in [1.165, 1.54) is 0 Å². The van der Waals surface area contributed by atoms with Crippen LogP contribution in [0.25, 0.3) is 0 Å². The first kappa shape index (κ1) is 16.7. The number of rotatable bonds is 3. The second kappa shape index (κ2) is 6.50. The van der Waals surface area contributed by atoms with Crippen LogP contribution in [0.2, 0.25) is 0 Å². The van der Waals surface area contributed by atoms with Crippen molar-refractivity contribution in [2.24, 2.45) is 7.05 Å². The van der Waals surface area contributed by atoms with Crippen molar-refractivity contribution in [3.05, 3.63) is 53.9 Å². The number of likely N-dealkylation sites (tertiary alicyclic amines) is 1. The first-order valence-electron chi connectivity index (χ1n) is 8.90. The highest BCUT2D eigenvalue weighted by Crippen LogP contribution is 2.36. The van der Waals surface area contributed by atoms with E-state index in [-0.39, 0.29) is 17.6 Å². The van der Waals surface area contributed by atoms with Gasteiger partial charge in [-0.15, -0.1) is 0 Å². The highest BCUT2D eigenvalue weighted by Gasteiger charge is 2.47. The minimum Gasteiger partial charge on any atom is -0.380 e. The molecule has 26 heavy (non-hydrogen) atoms. The van der Waals surface area contributed by atoms with Crippen LogP contribution in [-0.2, 0) is 11.8 Å². The summed E-state index contributed by atoms with van der Waals surface area (Å²) in [6, 6.07) is 13.6. The van der Waals surface area contributed by atoms with Crippen molar-refractivity contribution in [2.75, 3.05) is 25.0 Å². The molecule has 1 aromatic heterocycles. The van der Waals surface area contributed by atoms with E-state index in [0.29, 0.717) is 24.4 Å². The Balaban J connectivity index is 1.40. The van der Waals surface area contributed by atoms with E-state index in [0.717, 1.165) is 25.1 Å². The molecule has 1 amide bonds. The first-order valence-corrected chi connectivity index (χ1v) is 8.90. The summed E-state index contributed by atoms with van der Waals surface area (Å²) in [6.07, 6.45) is 3.61. The van der Waals surface area contributed by atoms with Crippen molar-refractivity contribution in [1.29, 1.82) is 5.26 Å². The summed E-state index contributed by atoms with van der Waals surface area (Å²) >= 11 is 0. The fourth-order valence-electron chi connectivity index (χ4n) is 4.00. The Morgan fingerprint density at radius 2 is 2.27 bits per heavy atom. The normalized spacial score (nSPS) is 24.8. The molecule has 134 valence electrons. The number of anilines is 1. The maximum absolute atomic E-state index is 12.7. The quantitative estimate of drug-likeness (QED) is 0.923. The van der Waals surface area contributed by atoms with Crippen molar-refractivity contribution in [3.63, 3.8) is 0 Å². The lowest BCUT2D eigenvalue weighted by molar-refractivity contribution is 0.0124. The van der Waals surface area contributed by atoms with Gasteiger partial charge >= 0.3 is 0 Å². The Bertz CT molecular complexity index is 869. The minimum absolute atomic E-state index is 0.0658. The van der Waals surface area contributed by atoms with Gasteiger partial charge < -0.3 is 19.5 Å². The molecule has 4 rings (SSSR count). The van der Waals surface area contributed by atoms with Crippen molar-refractivity contribution < 1.29 is 9.53 Å². The van der Waals surface area contributed by atoms with Crippen LogP contribution in [0, 0.1) is 11.3 Å². The minimum atomic E-state index is -0.259. The average Bonchev–Trinajstić information content (AvgIpc) is 3.36. The fraction of sp³-hybridized carbons (Fsp3) is 0.400. The van der Waals surface area contributed by atoms with Crippen LogP contribution < -0.4 is 5.32 Å². The number of hydrogen-bond donors (Lipinski definition) is 1. The third-order valence-electron chi connectivity index (χ3n) is 5.34. The zero-order chi connectivity index (χ0) is 18.1. The summed E-state index contributed by atoms with van der Waals surface area (Å²) in [5.41, 5.74) is 2.03. The number of carbonyl (C=O) groups excluding carboxylic acids is 1. The van der Waals surface area contributed by atoms with Crippen LogP contribution in [-0.4, -0.2) is 46.7 Å². The predicted molar refractivity (Wildman–Crippen MR) is 97.8 cm³/mol. The number of aromatic nitrogens is 1.